The van der Waals surface area contributed by atoms with Crippen molar-refractivity contribution < 1.29 is 13.9 Å². The van der Waals surface area contributed by atoms with Gasteiger partial charge in [0.1, 0.15) is 17.7 Å². The van der Waals surface area contributed by atoms with Crippen LogP contribution in [0.2, 0.25) is 0 Å². The van der Waals surface area contributed by atoms with Gasteiger partial charge in [0, 0.05) is 18.2 Å². The molecule has 1 aliphatic heterocycles. The first-order chi connectivity index (χ1) is 10.7. The van der Waals surface area contributed by atoms with E-state index in [0.717, 1.165) is 16.7 Å². The zero-order valence-electron chi connectivity index (χ0n) is 12.8. The molecule has 0 radical (unpaired) electrons. The molecule has 22 heavy (non-hydrogen) atoms. The summed E-state index contributed by atoms with van der Waals surface area (Å²) in [6.07, 6.45) is -0.361. The predicted molar refractivity (Wildman–Crippen MR) is 83.5 cm³/mol. The molecule has 0 spiro atoms. The number of likely N-dealkylation sites (N-methyl/N-ethyl adjacent to an activating group) is 1. The average molecular weight is 301 g/mol. The standard InChI is InChI=1S/C18H20FNO2/c1-12-7-8-14(19)9-16(12)22-18-15-6-4-3-5-13(15)11-21-17(18)10-20-2/h3-9,17-18,20H,10-11H2,1-2H3/t17-,18-/m0/s1. The maximum atomic E-state index is 13.5. The van der Waals surface area contributed by atoms with Crippen LogP contribution in [0.4, 0.5) is 4.39 Å². The molecule has 0 amide bonds. The highest BCUT2D eigenvalue weighted by Crippen LogP contribution is 2.34. The Morgan fingerprint density at radius 3 is 2.91 bits per heavy atom. The molecule has 0 bridgehead atoms. The molecule has 2 aromatic carbocycles. The van der Waals surface area contributed by atoms with Crippen LogP contribution in [0.5, 0.6) is 5.75 Å². The minimum Gasteiger partial charge on any atom is -0.483 e. The van der Waals surface area contributed by atoms with Crippen LogP contribution in [0.25, 0.3) is 0 Å². The molecule has 2 atom stereocenters. The maximum absolute atomic E-state index is 13.5. The summed E-state index contributed by atoms with van der Waals surface area (Å²) < 4.78 is 25.6. The van der Waals surface area contributed by atoms with Crippen LogP contribution in [-0.4, -0.2) is 19.7 Å². The minimum atomic E-state index is -0.296. The summed E-state index contributed by atoms with van der Waals surface area (Å²) in [6, 6.07) is 12.7. The van der Waals surface area contributed by atoms with Crippen LogP contribution in [0.15, 0.2) is 42.5 Å². The van der Waals surface area contributed by atoms with E-state index >= 15 is 0 Å². The van der Waals surface area contributed by atoms with Crippen LogP contribution in [0.3, 0.4) is 0 Å². The first-order valence-electron chi connectivity index (χ1n) is 7.46. The first kappa shape index (κ1) is 15.0. The highest BCUT2D eigenvalue weighted by atomic mass is 19.1. The van der Waals surface area contributed by atoms with E-state index in [1.54, 1.807) is 6.07 Å². The van der Waals surface area contributed by atoms with Crippen molar-refractivity contribution in [3.8, 4) is 5.75 Å². The van der Waals surface area contributed by atoms with Crippen LogP contribution in [0, 0.1) is 12.7 Å². The second kappa shape index (κ2) is 6.46. The van der Waals surface area contributed by atoms with Crippen molar-refractivity contribution in [3.05, 3.63) is 65.0 Å². The fraction of sp³-hybridized carbons (Fsp3) is 0.333. The van der Waals surface area contributed by atoms with Crippen molar-refractivity contribution in [2.75, 3.05) is 13.6 Å². The molecule has 2 aromatic rings. The number of fused-ring (bicyclic) bond motifs is 1. The number of benzene rings is 2. The fourth-order valence-corrected chi connectivity index (χ4v) is 2.77. The molecule has 116 valence electrons. The van der Waals surface area contributed by atoms with Crippen LogP contribution >= 0.6 is 0 Å². The van der Waals surface area contributed by atoms with Gasteiger partial charge < -0.3 is 14.8 Å². The smallest absolute Gasteiger partial charge is 0.151 e. The summed E-state index contributed by atoms with van der Waals surface area (Å²) in [5.41, 5.74) is 3.14. The van der Waals surface area contributed by atoms with Crippen molar-refractivity contribution in [2.24, 2.45) is 0 Å². The Hall–Kier alpha value is -1.91. The zero-order valence-corrected chi connectivity index (χ0v) is 12.8. The topological polar surface area (TPSA) is 30.5 Å². The van der Waals surface area contributed by atoms with E-state index in [-0.39, 0.29) is 18.0 Å². The summed E-state index contributed by atoms with van der Waals surface area (Å²) in [5.74, 6) is 0.266. The Morgan fingerprint density at radius 2 is 2.09 bits per heavy atom. The van der Waals surface area contributed by atoms with Crippen molar-refractivity contribution in [1.82, 2.24) is 5.32 Å². The Balaban J connectivity index is 1.95. The molecule has 0 unspecified atom stereocenters. The number of hydrogen-bond acceptors (Lipinski definition) is 3. The largest absolute Gasteiger partial charge is 0.483 e. The predicted octanol–water partition coefficient (Wildman–Crippen LogP) is 3.37. The summed E-state index contributed by atoms with van der Waals surface area (Å²) in [4.78, 5) is 0. The van der Waals surface area contributed by atoms with Crippen LogP contribution in [-0.2, 0) is 11.3 Å². The van der Waals surface area contributed by atoms with Gasteiger partial charge in [-0.1, -0.05) is 30.3 Å². The third kappa shape index (κ3) is 2.98. The van der Waals surface area contributed by atoms with Gasteiger partial charge in [-0.15, -0.1) is 0 Å². The van der Waals surface area contributed by atoms with E-state index in [4.69, 9.17) is 9.47 Å². The lowest BCUT2D eigenvalue weighted by molar-refractivity contribution is -0.0499. The fourth-order valence-electron chi connectivity index (χ4n) is 2.77. The van der Waals surface area contributed by atoms with Gasteiger partial charge in [0.2, 0.25) is 0 Å². The molecular weight excluding hydrogens is 281 g/mol. The third-order valence-electron chi connectivity index (χ3n) is 3.96. The van der Waals surface area contributed by atoms with E-state index in [1.807, 2.05) is 32.2 Å². The highest BCUT2D eigenvalue weighted by Gasteiger charge is 2.32. The number of aryl methyl sites for hydroxylation is 1. The van der Waals surface area contributed by atoms with Gasteiger partial charge in [-0.25, -0.2) is 4.39 Å². The van der Waals surface area contributed by atoms with Gasteiger partial charge in [-0.2, -0.15) is 0 Å². The molecule has 0 saturated heterocycles. The molecular formula is C18H20FNO2. The van der Waals surface area contributed by atoms with Gasteiger partial charge >= 0.3 is 0 Å². The molecule has 1 N–H and O–H groups in total. The maximum Gasteiger partial charge on any atom is 0.151 e. The quantitative estimate of drug-likeness (QED) is 0.939. The Labute approximate surface area is 130 Å². The van der Waals surface area contributed by atoms with E-state index in [0.29, 0.717) is 18.9 Å². The molecule has 3 nitrogen and oxygen atoms in total. The minimum absolute atomic E-state index is 0.109. The lowest BCUT2D eigenvalue weighted by Crippen LogP contribution is -2.38. The monoisotopic (exact) mass is 301 g/mol. The molecule has 0 aromatic heterocycles. The van der Waals surface area contributed by atoms with Crippen molar-refractivity contribution in [2.45, 2.75) is 25.7 Å². The molecule has 3 rings (SSSR count). The molecule has 4 heteroatoms. The van der Waals surface area contributed by atoms with Crippen LogP contribution in [0.1, 0.15) is 22.8 Å². The number of ether oxygens (including phenoxy) is 2. The first-order valence-corrected chi connectivity index (χ1v) is 7.46. The molecule has 0 fully saturated rings. The van der Waals surface area contributed by atoms with Gasteiger partial charge in [-0.05, 0) is 31.2 Å². The van der Waals surface area contributed by atoms with E-state index < -0.39 is 0 Å². The third-order valence-corrected chi connectivity index (χ3v) is 3.96. The second-order valence-corrected chi connectivity index (χ2v) is 5.55. The molecule has 0 aliphatic carbocycles. The van der Waals surface area contributed by atoms with E-state index in [1.165, 1.54) is 12.1 Å². The zero-order chi connectivity index (χ0) is 15.5. The Bertz CT molecular complexity index is 659. The van der Waals surface area contributed by atoms with Crippen LogP contribution < -0.4 is 10.1 Å². The van der Waals surface area contributed by atoms with Gasteiger partial charge in [0.25, 0.3) is 0 Å². The number of rotatable bonds is 4. The van der Waals surface area contributed by atoms with Gasteiger partial charge in [0.15, 0.2) is 6.10 Å². The van der Waals surface area contributed by atoms with Crippen molar-refractivity contribution in [1.29, 1.82) is 0 Å². The molecule has 0 saturated carbocycles. The summed E-state index contributed by atoms with van der Waals surface area (Å²) in [6.45, 7) is 3.16. The number of hydrogen-bond donors (Lipinski definition) is 1. The normalized spacial score (nSPS) is 20.5. The molecule has 1 heterocycles. The number of nitrogens with one attached hydrogen (secondary N) is 1. The van der Waals surface area contributed by atoms with Crippen molar-refractivity contribution >= 4 is 0 Å². The van der Waals surface area contributed by atoms with Gasteiger partial charge in [-0.3, -0.25) is 0 Å². The summed E-state index contributed by atoms with van der Waals surface area (Å²) in [5, 5.41) is 3.13. The lowest BCUT2D eigenvalue weighted by atomic mass is 9.95. The van der Waals surface area contributed by atoms with E-state index in [9.17, 15) is 4.39 Å². The lowest BCUT2D eigenvalue weighted by Gasteiger charge is -2.34. The van der Waals surface area contributed by atoms with Gasteiger partial charge in [0.05, 0.1) is 6.61 Å². The highest BCUT2D eigenvalue weighted by molar-refractivity contribution is 5.36. The number of halogens is 1. The average Bonchev–Trinajstić information content (AvgIpc) is 2.53. The Kier molecular flexibility index (Phi) is 4.41. The summed E-state index contributed by atoms with van der Waals surface area (Å²) >= 11 is 0. The van der Waals surface area contributed by atoms with E-state index in [2.05, 4.69) is 11.4 Å². The second-order valence-electron chi connectivity index (χ2n) is 5.55. The van der Waals surface area contributed by atoms with Crippen molar-refractivity contribution in [3.63, 3.8) is 0 Å². The summed E-state index contributed by atoms with van der Waals surface area (Å²) in [7, 11) is 1.88. The Morgan fingerprint density at radius 1 is 1.27 bits per heavy atom. The molecule has 1 aliphatic rings. The SMILES string of the molecule is CNC[C@@H]1OCc2ccccc2[C@@H]1Oc1cc(F)ccc1C.